The summed E-state index contributed by atoms with van der Waals surface area (Å²) < 4.78 is 2.17. The van der Waals surface area contributed by atoms with Crippen LogP contribution in [0.2, 0.25) is 10.0 Å². The highest BCUT2D eigenvalue weighted by molar-refractivity contribution is 6.36. The minimum Gasteiger partial charge on any atom is -0.332 e. The third-order valence-electron chi connectivity index (χ3n) is 4.55. The van der Waals surface area contributed by atoms with Crippen molar-refractivity contribution in [3.05, 3.63) is 51.9 Å². The number of allylic oxidation sites excluding steroid dienone is 2. The highest BCUT2D eigenvalue weighted by Crippen LogP contribution is 2.34. The van der Waals surface area contributed by atoms with Crippen LogP contribution in [0.25, 0.3) is 11.3 Å². The lowest BCUT2D eigenvalue weighted by atomic mass is 9.97. The Labute approximate surface area is 153 Å². The highest BCUT2D eigenvalue weighted by Gasteiger charge is 2.18. The Balaban J connectivity index is 1.88. The van der Waals surface area contributed by atoms with E-state index in [2.05, 4.69) is 15.6 Å². The molecule has 0 saturated heterocycles. The molecule has 128 valence electrons. The van der Waals surface area contributed by atoms with Crippen LogP contribution in [0.3, 0.4) is 0 Å². The number of nitrogens with zero attached hydrogens (tertiary/aromatic N) is 2. The van der Waals surface area contributed by atoms with E-state index in [4.69, 9.17) is 28.9 Å². The molecule has 1 aromatic carbocycles. The first-order chi connectivity index (χ1) is 11.6. The van der Waals surface area contributed by atoms with E-state index in [-0.39, 0.29) is 6.04 Å². The third-order valence-corrected chi connectivity index (χ3v) is 5.10. The Morgan fingerprint density at radius 3 is 2.79 bits per heavy atom. The number of aryl methyl sites for hydroxylation is 1. The molecule has 0 bridgehead atoms. The van der Waals surface area contributed by atoms with Crippen molar-refractivity contribution < 1.29 is 0 Å². The summed E-state index contributed by atoms with van der Waals surface area (Å²) in [6.45, 7) is 2.89. The molecule has 0 amide bonds. The van der Waals surface area contributed by atoms with Crippen molar-refractivity contribution in [1.29, 1.82) is 0 Å². The Morgan fingerprint density at radius 1 is 1.29 bits per heavy atom. The molecule has 1 heterocycles. The molecule has 2 aromatic rings. The van der Waals surface area contributed by atoms with E-state index in [1.54, 1.807) is 11.6 Å². The average Bonchev–Trinajstić information content (AvgIpc) is 2.98. The normalized spacial score (nSPS) is 16.1. The molecule has 3 rings (SSSR count). The zero-order valence-corrected chi connectivity index (χ0v) is 15.4. The molecular weight excluding hydrogens is 341 g/mol. The number of aromatic nitrogens is 2. The summed E-state index contributed by atoms with van der Waals surface area (Å²) in [6.07, 6.45) is 10.4. The fourth-order valence-corrected chi connectivity index (χ4v) is 3.83. The van der Waals surface area contributed by atoms with E-state index in [1.165, 1.54) is 25.7 Å². The van der Waals surface area contributed by atoms with Crippen molar-refractivity contribution >= 4 is 23.2 Å². The Bertz CT molecular complexity index is 747. The van der Waals surface area contributed by atoms with Crippen molar-refractivity contribution in [3.63, 3.8) is 0 Å². The van der Waals surface area contributed by atoms with E-state index in [1.807, 2.05) is 25.4 Å². The molecule has 1 atom stereocenters. The van der Waals surface area contributed by atoms with Gasteiger partial charge in [-0.15, -0.1) is 0 Å². The summed E-state index contributed by atoms with van der Waals surface area (Å²) in [5, 5.41) is 1.22. The first-order valence-corrected chi connectivity index (χ1v) is 9.26. The summed E-state index contributed by atoms with van der Waals surface area (Å²) in [5.74, 6) is 0. The van der Waals surface area contributed by atoms with E-state index in [0.717, 1.165) is 29.9 Å². The average molecular weight is 364 g/mol. The molecule has 0 fully saturated rings. The summed E-state index contributed by atoms with van der Waals surface area (Å²) >= 11 is 12.4. The minimum absolute atomic E-state index is 0.116. The second-order valence-corrected chi connectivity index (χ2v) is 7.29. The molecule has 0 saturated carbocycles. The first kappa shape index (κ1) is 17.5. The molecular formula is C19H23Cl2N3. The second kappa shape index (κ2) is 7.73. The maximum atomic E-state index is 6.37. The number of halogens is 2. The van der Waals surface area contributed by atoms with Crippen LogP contribution in [0.1, 0.15) is 50.8 Å². The molecule has 0 radical (unpaired) electrons. The van der Waals surface area contributed by atoms with E-state index >= 15 is 0 Å². The summed E-state index contributed by atoms with van der Waals surface area (Å²) in [4.78, 5) is 4.60. The Hall–Kier alpha value is -1.29. The molecule has 1 unspecified atom stereocenters. The zero-order chi connectivity index (χ0) is 17.1. The van der Waals surface area contributed by atoms with Gasteiger partial charge in [0.1, 0.15) is 0 Å². The maximum absolute atomic E-state index is 6.37. The van der Waals surface area contributed by atoms with E-state index in [9.17, 15) is 0 Å². The third kappa shape index (κ3) is 3.85. The molecule has 1 aliphatic carbocycles. The topological polar surface area (TPSA) is 43.8 Å². The van der Waals surface area contributed by atoms with Gasteiger partial charge >= 0.3 is 0 Å². The molecule has 0 spiro atoms. The van der Waals surface area contributed by atoms with Crippen LogP contribution in [-0.2, 0) is 6.54 Å². The van der Waals surface area contributed by atoms with Crippen LogP contribution in [0, 0.1) is 0 Å². The second-order valence-electron chi connectivity index (χ2n) is 6.44. The molecule has 3 nitrogen and oxygen atoms in total. The molecule has 1 aliphatic rings. The van der Waals surface area contributed by atoms with Crippen molar-refractivity contribution in [2.24, 2.45) is 5.73 Å². The van der Waals surface area contributed by atoms with Gasteiger partial charge in [-0.3, -0.25) is 0 Å². The lowest BCUT2D eigenvalue weighted by Gasteiger charge is -2.16. The van der Waals surface area contributed by atoms with Gasteiger partial charge in [0.25, 0.3) is 0 Å². The predicted octanol–water partition coefficient (Wildman–Crippen LogP) is 5.77. The van der Waals surface area contributed by atoms with Gasteiger partial charge < -0.3 is 10.3 Å². The first-order valence-electron chi connectivity index (χ1n) is 8.50. The molecule has 24 heavy (non-hydrogen) atoms. The predicted molar refractivity (Wildman–Crippen MR) is 101 cm³/mol. The fraction of sp³-hybridized carbons (Fsp3) is 0.421. The summed E-state index contributed by atoms with van der Waals surface area (Å²) in [5.41, 5.74) is 10.5. The van der Waals surface area contributed by atoms with Gasteiger partial charge in [0.2, 0.25) is 0 Å². The Kier molecular flexibility index (Phi) is 5.65. The van der Waals surface area contributed by atoms with Gasteiger partial charge in [-0.1, -0.05) is 34.9 Å². The smallest absolute Gasteiger partial charge is 0.0956 e. The quantitative estimate of drug-likeness (QED) is 0.685. The van der Waals surface area contributed by atoms with Crippen molar-refractivity contribution in [3.8, 4) is 11.3 Å². The maximum Gasteiger partial charge on any atom is 0.0956 e. The number of rotatable bonds is 5. The standard InChI is InChI=1S/C19H23Cl2N3/c1-13(22)19-18(16-8-7-15(20)11-17(16)21)23-12-24(19)10-9-14-5-3-2-4-6-14/h5,7-8,11-13H,2-4,6,9-10,22H2,1H3. The van der Waals surface area contributed by atoms with Crippen LogP contribution >= 0.6 is 23.2 Å². The number of hydrogen-bond donors (Lipinski definition) is 1. The van der Waals surface area contributed by atoms with E-state index < -0.39 is 0 Å². The fourth-order valence-electron chi connectivity index (χ4n) is 3.33. The van der Waals surface area contributed by atoms with Crippen LogP contribution in [0.15, 0.2) is 36.2 Å². The van der Waals surface area contributed by atoms with Gasteiger partial charge in [0.05, 0.1) is 22.7 Å². The molecule has 0 aliphatic heterocycles. The van der Waals surface area contributed by atoms with Crippen molar-refractivity contribution in [2.75, 3.05) is 0 Å². The molecule has 2 N–H and O–H groups in total. The molecule has 5 heteroatoms. The van der Waals surface area contributed by atoms with E-state index in [0.29, 0.717) is 10.0 Å². The van der Waals surface area contributed by atoms with Gasteiger partial charge in [-0.25, -0.2) is 4.98 Å². The number of imidazole rings is 1. The summed E-state index contributed by atoms with van der Waals surface area (Å²) in [7, 11) is 0. The lowest BCUT2D eigenvalue weighted by Crippen LogP contribution is -2.13. The van der Waals surface area contributed by atoms with Crippen LogP contribution in [0.4, 0.5) is 0 Å². The van der Waals surface area contributed by atoms with Gasteiger partial charge in [0.15, 0.2) is 0 Å². The van der Waals surface area contributed by atoms with Gasteiger partial charge in [-0.2, -0.15) is 0 Å². The van der Waals surface area contributed by atoms with Gasteiger partial charge in [0, 0.05) is 23.2 Å². The van der Waals surface area contributed by atoms with Gasteiger partial charge in [-0.05, 0) is 57.2 Å². The number of nitrogens with two attached hydrogens (primary N) is 1. The largest absolute Gasteiger partial charge is 0.332 e. The minimum atomic E-state index is -0.116. The van der Waals surface area contributed by atoms with Crippen LogP contribution in [-0.4, -0.2) is 9.55 Å². The Morgan fingerprint density at radius 2 is 2.12 bits per heavy atom. The molecule has 1 aromatic heterocycles. The van der Waals surface area contributed by atoms with Crippen LogP contribution < -0.4 is 5.73 Å². The monoisotopic (exact) mass is 363 g/mol. The highest BCUT2D eigenvalue weighted by atomic mass is 35.5. The van der Waals surface area contributed by atoms with Crippen LogP contribution in [0.5, 0.6) is 0 Å². The number of hydrogen-bond acceptors (Lipinski definition) is 2. The van der Waals surface area contributed by atoms with Crippen molar-refractivity contribution in [1.82, 2.24) is 9.55 Å². The SMILES string of the molecule is CC(N)c1c(-c2ccc(Cl)cc2Cl)ncn1CCC1=CCCCC1. The lowest BCUT2D eigenvalue weighted by molar-refractivity contribution is 0.593. The number of benzene rings is 1. The zero-order valence-electron chi connectivity index (χ0n) is 13.9. The van der Waals surface area contributed by atoms with Crippen molar-refractivity contribution in [2.45, 2.75) is 51.6 Å². The summed E-state index contributed by atoms with van der Waals surface area (Å²) in [6, 6.07) is 5.37.